The minimum absolute atomic E-state index is 0. The molecule has 8 heteroatoms. The molecule has 2 saturated heterocycles. The highest BCUT2D eigenvalue weighted by Crippen LogP contribution is 2.36. The molecule has 0 aliphatic carbocycles. The van der Waals surface area contributed by atoms with Crippen LogP contribution in [0.3, 0.4) is 0 Å². The molecule has 31 heavy (non-hydrogen) atoms. The molecule has 2 aromatic rings. The summed E-state index contributed by atoms with van der Waals surface area (Å²) in [5, 5.41) is 10.3. The Hall–Kier alpha value is -1.39. The van der Waals surface area contributed by atoms with Crippen LogP contribution in [0.2, 0.25) is 0 Å². The number of hydrogen-bond donors (Lipinski definition) is 2. The number of nitrogens with zero attached hydrogens (tertiary/aromatic N) is 4. The molecule has 170 valence electrons. The van der Waals surface area contributed by atoms with Crippen LogP contribution in [0.25, 0.3) is 0 Å². The molecule has 0 radical (unpaired) electrons. The van der Waals surface area contributed by atoms with Gasteiger partial charge >= 0.3 is 0 Å². The van der Waals surface area contributed by atoms with E-state index in [1.165, 1.54) is 31.2 Å². The van der Waals surface area contributed by atoms with Gasteiger partial charge in [-0.05, 0) is 38.2 Å². The Morgan fingerprint density at radius 2 is 1.90 bits per heavy atom. The van der Waals surface area contributed by atoms with E-state index in [2.05, 4.69) is 63.2 Å². The highest BCUT2D eigenvalue weighted by Gasteiger charge is 2.40. The second-order valence-corrected chi connectivity index (χ2v) is 9.40. The number of benzene rings is 1. The van der Waals surface area contributed by atoms with E-state index in [9.17, 15) is 0 Å². The van der Waals surface area contributed by atoms with Crippen LogP contribution in [-0.2, 0) is 13.1 Å². The van der Waals surface area contributed by atoms with Crippen LogP contribution in [0.1, 0.15) is 43.9 Å². The average Bonchev–Trinajstić information content (AvgIpc) is 3.30. The number of anilines is 1. The van der Waals surface area contributed by atoms with Crippen LogP contribution in [0.15, 0.2) is 40.7 Å². The number of hydrogen-bond acceptors (Lipinski definition) is 5. The Morgan fingerprint density at radius 1 is 1.19 bits per heavy atom. The summed E-state index contributed by atoms with van der Waals surface area (Å²) in [4.78, 5) is 14.2. The first kappa shape index (κ1) is 24.3. The summed E-state index contributed by atoms with van der Waals surface area (Å²) in [5.74, 6) is 0.915. The van der Waals surface area contributed by atoms with Crippen molar-refractivity contribution in [3.63, 3.8) is 0 Å². The van der Waals surface area contributed by atoms with Gasteiger partial charge in [0.25, 0.3) is 0 Å². The largest absolute Gasteiger partial charge is 0.357 e. The lowest BCUT2D eigenvalue weighted by molar-refractivity contribution is 0.114. The summed E-state index contributed by atoms with van der Waals surface area (Å²) in [6, 6.07) is 12.7. The van der Waals surface area contributed by atoms with Gasteiger partial charge in [0.2, 0.25) is 0 Å². The quantitative estimate of drug-likeness (QED) is 0.307. The number of aliphatic imine (C=N–C) groups is 1. The van der Waals surface area contributed by atoms with Gasteiger partial charge in [-0.1, -0.05) is 30.3 Å². The van der Waals surface area contributed by atoms with Gasteiger partial charge in [0.05, 0.1) is 12.2 Å². The number of halogens is 1. The van der Waals surface area contributed by atoms with Crippen molar-refractivity contribution in [2.75, 3.05) is 25.5 Å². The first-order chi connectivity index (χ1) is 14.6. The molecule has 2 aliphatic rings. The lowest BCUT2D eigenvalue weighted by atomic mass is 9.96. The molecule has 2 aliphatic heterocycles. The second kappa shape index (κ2) is 11.5. The van der Waals surface area contributed by atoms with Crippen LogP contribution in [0.5, 0.6) is 0 Å². The minimum Gasteiger partial charge on any atom is -0.357 e. The van der Waals surface area contributed by atoms with Gasteiger partial charge in [0, 0.05) is 50.7 Å². The highest BCUT2D eigenvalue weighted by atomic mass is 127. The van der Waals surface area contributed by atoms with Crippen molar-refractivity contribution in [3.05, 3.63) is 47.0 Å². The van der Waals surface area contributed by atoms with E-state index in [0.29, 0.717) is 24.7 Å². The Kier molecular flexibility index (Phi) is 8.97. The van der Waals surface area contributed by atoms with E-state index in [1.807, 2.05) is 19.0 Å². The monoisotopic (exact) mass is 554 g/mol. The first-order valence-electron chi connectivity index (χ1n) is 11.1. The molecule has 2 bridgehead atoms. The Labute approximate surface area is 207 Å². The minimum atomic E-state index is 0. The maximum absolute atomic E-state index is 4.81. The Balaban J connectivity index is 0.00000272. The molecular weight excluding hydrogens is 519 g/mol. The van der Waals surface area contributed by atoms with Gasteiger partial charge < -0.3 is 15.5 Å². The van der Waals surface area contributed by atoms with E-state index < -0.39 is 0 Å². The van der Waals surface area contributed by atoms with Crippen LogP contribution >= 0.6 is 35.3 Å². The van der Waals surface area contributed by atoms with Crippen molar-refractivity contribution >= 4 is 46.4 Å². The molecular formula is C23H35IN6S. The number of nitrogens with one attached hydrogen (secondary N) is 2. The van der Waals surface area contributed by atoms with Crippen molar-refractivity contribution in [1.29, 1.82) is 0 Å². The molecule has 2 N–H and O–H groups in total. The van der Waals surface area contributed by atoms with E-state index in [0.717, 1.165) is 29.9 Å². The van der Waals surface area contributed by atoms with Crippen LogP contribution in [0, 0.1) is 0 Å². The highest BCUT2D eigenvalue weighted by molar-refractivity contribution is 14.0. The van der Waals surface area contributed by atoms with Gasteiger partial charge in [0.1, 0.15) is 0 Å². The molecule has 0 saturated carbocycles. The summed E-state index contributed by atoms with van der Waals surface area (Å²) in [5.41, 5.74) is 2.45. The second-order valence-electron chi connectivity index (χ2n) is 8.57. The fourth-order valence-corrected chi connectivity index (χ4v) is 5.44. The zero-order valence-corrected chi connectivity index (χ0v) is 21.9. The van der Waals surface area contributed by atoms with Crippen molar-refractivity contribution < 1.29 is 0 Å². The fraction of sp³-hybridized carbons (Fsp3) is 0.565. The number of thiazole rings is 1. The Bertz CT molecular complexity index is 826. The molecule has 3 heterocycles. The van der Waals surface area contributed by atoms with E-state index in [1.54, 1.807) is 11.3 Å². The molecule has 1 aromatic carbocycles. The van der Waals surface area contributed by atoms with E-state index >= 15 is 0 Å². The molecule has 6 nitrogen and oxygen atoms in total. The van der Waals surface area contributed by atoms with Gasteiger partial charge in [0.15, 0.2) is 11.1 Å². The zero-order chi connectivity index (χ0) is 20.9. The third kappa shape index (κ3) is 6.32. The fourth-order valence-electron chi connectivity index (χ4n) is 4.69. The van der Waals surface area contributed by atoms with Gasteiger partial charge in [-0.3, -0.25) is 4.90 Å². The van der Waals surface area contributed by atoms with Gasteiger partial charge in [-0.2, -0.15) is 0 Å². The SMILES string of the molecule is CCNC(=NCc1csc(N(C)C)n1)NC1CC2CCC(C1)N2Cc1ccccc1.I. The number of rotatable bonds is 7. The van der Waals surface area contributed by atoms with Crippen molar-refractivity contribution in [3.8, 4) is 0 Å². The lowest BCUT2D eigenvalue weighted by Gasteiger charge is -2.39. The van der Waals surface area contributed by atoms with Crippen molar-refractivity contribution in [1.82, 2.24) is 20.5 Å². The number of fused-ring (bicyclic) bond motifs is 2. The predicted octanol–water partition coefficient (Wildman–Crippen LogP) is 4.08. The van der Waals surface area contributed by atoms with E-state index in [-0.39, 0.29) is 24.0 Å². The predicted molar refractivity (Wildman–Crippen MR) is 142 cm³/mol. The third-order valence-corrected chi connectivity index (χ3v) is 7.16. The maximum Gasteiger partial charge on any atom is 0.191 e. The van der Waals surface area contributed by atoms with Gasteiger partial charge in [-0.25, -0.2) is 9.98 Å². The normalized spacial score (nSPS) is 23.3. The molecule has 2 fully saturated rings. The molecule has 2 atom stereocenters. The number of piperidine rings is 1. The van der Waals surface area contributed by atoms with Gasteiger partial charge in [-0.15, -0.1) is 35.3 Å². The van der Waals surface area contributed by atoms with Crippen molar-refractivity contribution in [2.45, 2.75) is 63.8 Å². The van der Waals surface area contributed by atoms with Crippen LogP contribution < -0.4 is 15.5 Å². The summed E-state index contributed by atoms with van der Waals surface area (Å²) in [6.07, 6.45) is 5.01. The summed E-state index contributed by atoms with van der Waals surface area (Å²) >= 11 is 1.67. The lowest BCUT2D eigenvalue weighted by Crippen LogP contribution is -2.52. The molecule has 4 rings (SSSR count). The molecule has 2 unspecified atom stereocenters. The Morgan fingerprint density at radius 3 is 2.52 bits per heavy atom. The summed E-state index contributed by atoms with van der Waals surface area (Å²) in [7, 11) is 4.05. The van der Waals surface area contributed by atoms with Crippen molar-refractivity contribution in [2.24, 2.45) is 4.99 Å². The maximum atomic E-state index is 4.81. The summed E-state index contributed by atoms with van der Waals surface area (Å²) < 4.78 is 0. The van der Waals surface area contributed by atoms with E-state index in [4.69, 9.17) is 4.99 Å². The molecule has 0 spiro atoms. The average molecular weight is 555 g/mol. The smallest absolute Gasteiger partial charge is 0.191 e. The summed E-state index contributed by atoms with van der Waals surface area (Å²) in [6.45, 7) is 4.68. The third-order valence-electron chi connectivity index (χ3n) is 6.10. The molecule has 0 amide bonds. The first-order valence-corrected chi connectivity index (χ1v) is 12.0. The number of guanidine groups is 1. The van der Waals surface area contributed by atoms with Crippen LogP contribution in [0.4, 0.5) is 5.13 Å². The topological polar surface area (TPSA) is 55.8 Å². The van der Waals surface area contributed by atoms with Crippen LogP contribution in [-0.4, -0.2) is 54.6 Å². The number of aromatic nitrogens is 1. The zero-order valence-electron chi connectivity index (χ0n) is 18.8. The molecule has 1 aromatic heterocycles. The standard InChI is InChI=1S/C23H34N6S.HI/c1-4-24-22(25-14-19-16-30-23(27-19)28(2)3)26-18-12-20-10-11-21(13-18)29(20)15-17-8-6-5-7-9-17;/h5-9,16,18,20-21H,4,10-15H2,1-3H3,(H2,24,25,26);1H.